The quantitative estimate of drug-likeness (QED) is 0.670. The van der Waals surface area contributed by atoms with Crippen LogP contribution in [0.1, 0.15) is 16.1 Å². The monoisotopic (exact) mass is 336 g/mol. The van der Waals surface area contributed by atoms with Crippen molar-refractivity contribution in [1.29, 1.82) is 0 Å². The highest BCUT2D eigenvalue weighted by atomic mass is 79.9. The fraction of sp³-hybridized carbons (Fsp3) is 0.286. The maximum absolute atomic E-state index is 12.6. The number of likely N-dealkylation sites (N-methyl/N-ethyl adjacent to an activating group) is 1. The van der Waals surface area contributed by atoms with Crippen LogP contribution in [-0.4, -0.2) is 41.1 Å². The van der Waals surface area contributed by atoms with Gasteiger partial charge in [0.1, 0.15) is 5.69 Å². The number of ketones is 1. The Morgan fingerprint density at radius 2 is 2.20 bits per heavy atom. The highest BCUT2D eigenvalue weighted by Gasteiger charge is 2.19. The van der Waals surface area contributed by atoms with Crippen molar-refractivity contribution in [1.82, 2.24) is 14.7 Å². The van der Waals surface area contributed by atoms with E-state index in [1.165, 1.54) is 0 Å². The van der Waals surface area contributed by atoms with E-state index in [9.17, 15) is 4.79 Å². The molecule has 106 valence electrons. The molecule has 1 aromatic carbocycles. The molecule has 0 spiro atoms. The van der Waals surface area contributed by atoms with Crippen molar-refractivity contribution in [3.63, 3.8) is 0 Å². The molecule has 5 nitrogen and oxygen atoms in total. The van der Waals surface area contributed by atoms with Crippen LogP contribution < -0.4 is 5.73 Å². The topological polar surface area (TPSA) is 64.2 Å². The second-order valence-corrected chi connectivity index (χ2v) is 5.68. The zero-order chi connectivity index (χ0) is 14.7. The van der Waals surface area contributed by atoms with Crippen LogP contribution in [0.2, 0.25) is 0 Å². The predicted octanol–water partition coefficient (Wildman–Crippen LogP) is 2.02. The molecule has 2 N–H and O–H groups in total. The Hall–Kier alpha value is -1.66. The third-order valence-electron chi connectivity index (χ3n) is 2.92. The molecule has 0 aliphatic carbocycles. The number of nitrogens with two attached hydrogens (primary N) is 1. The van der Waals surface area contributed by atoms with Gasteiger partial charge in [0.25, 0.3) is 0 Å². The van der Waals surface area contributed by atoms with Gasteiger partial charge in [-0.3, -0.25) is 9.48 Å². The van der Waals surface area contributed by atoms with Crippen LogP contribution in [0, 0.1) is 0 Å². The van der Waals surface area contributed by atoms with Gasteiger partial charge in [-0.15, -0.1) is 0 Å². The van der Waals surface area contributed by atoms with Crippen LogP contribution in [-0.2, 0) is 6.54 Å². The molecular weight excluding hydrogens is 320 g/mol. The van der Waals surface area contributed by atoms with Gasteiger partial charge in [-0.05, 0) is 42.2 Å². The van der Waals surface area contributed by atoms with Gasteiger partial charge < -0.3 is 10.6 Å². The minimum atomic E-state index is -0.0829. The van der Waals surface area contributed by atoms with Crippen molar-refractivity contribution in [3.05, 3.63) is 46.2 Å². The van der Waals surface area contributed by atoms with Gasteiger partial charge in [-0.25, -0.2) is 0 Å². The van der Waals surface area contributed by atoms with E-state index in [0.717, 1.165) is 6.54 Å². The van der Waals surface area contributed by atoms with E-state index in [1.54, 1.807) is 35.1 Å². The third-order valence-corrected chi connectivity index (χ3v) is 3.50. The summed E-state index contributed by atoms with van der Waals surface area (Å²) in [4.78, 5) is 14.6. The Labute approximate surface area is 126 Å². The number of hydrogen-bond acceptors (Lipinski definition) is 4. The zero-order valence-corrected chi connectivity index (χ0v) is 13.1. The molecule has 0 fully saturated rings. The van der Waals surface area contributed by atoms with Gasteiger partial charge in [0.05, 0.1) is 17.2 Å². The molecule has 2 aromatic rings. The summed E-state index contributed by atoms with van der Waals surface area (Å²) in [6.45, 7) is 1.47. The molecule has 1 heterocycles. The van der Waals surface area contributed by atoms with Crippen LogP contribution in [0.15, 0.2) is 34.9 Å². The van der Waals surface area contributed by atoms with Gasteiger partial charge in [0, 0.05) is 17.8 Å². The van der Waals surface area contributed by atoms with Crippen molar-refractivity contribution in [3.8, 4) is 0 Å². The van der Waals surface area contributed by atoms with Crippen LogP contribution in [0.25, 0.3) is 0 Å². The molecule has 2 rings (SSSR count). The van der Waals surface area contributed by atoms with Crippen LogP contribution >= 0.6 is 15.9 Å². The minimum Gasteiger partial charge on any atom is -0.399 e. The van der Waals surface area contributed by atoms with Crippen molar-refractivity contribution in [2.45, 2.75) is 6.54 Å². The zero-order valence-electron chi connectivity index (χ0n) is 11.5. The Bertz CT molecular complexity index is 621. The molecule has 0 bridgehead atoms. The SMILES string of the molecule is CN(C)CCn1ncc(Br)c1C(=O)c1cccc(N)c1. The van der Waals surface area contributed by atoms with Gasteiger partial charge in [-0.2, -0.15) is 5.10 Å². The number of hydrogen-bond donors (Lipinski definition) is 1. The van der Waals surface area contributed by atoms with Crippen molar-refractivity contribution >= 4 is 27.4 Å². The third kappa shape index (κ3) is 3.26. The summed E-state index contributed by atoms with van der Waals surface area (Å²) >= 11 is 3.39. The molecule has 0 unspecified atom stereocenters. The molecule has 0 aliphatic heterocycles. The summed E-state index contributed by atoms with van der Waals surface area (Å²) in [6.07, 6.45) is 1.65. The number of anilines is 1. The van der Waals surface area contributed by atoms with Gasteiger partial charge in [0.15, 0.2) is 0 Å². The van der Waals surface area contributed by atoms with E-state index in [0.29, 0.717) is 28.0 Å². The lowest BCUT2D eigenvalue weighted by atomic mass is 10.1. The summed E-state index contributed by atoms with van der Waals surface area (Å²) in [5.74, 6) is -0.0829. The van der Waals surface area contributed by atoms with E-state index in [1.807, 2.05) is 19.0 Å². The standard InChI is InChI=1S/C14H17BrN4O/c1-18(2)6-7-19-13(12(15)9-17-19)14(20)10-4-3-5-11(16)8-10/h3-5,8-9H,6-7,16H2,1-2H3. The molecule has 0 atom stereocenters. The lowest BCUT2D eigenvalue weighted by Crippen LogP contribution is -2.21. The summed E-state index contributed by atoms with van der Waals surface area (Å²) in [5, 5.41) is 4.25. The lowest BCUT2D eigenvalue weighted by Gasteiger charge is -2.12. The first-order valence-electron chi connectivity index (χ1n) is 6.25. The Balaban J connectivity index is 2.32. The first-order valence-corrected chi connectivity index (χ1v) is 7.04. The van der Waals surface area contributed by atoms with Crippen molar-refractivity contribution in [2.75, 3.05) is 26.4 Å². The molecule has 0 saturated carbocycles. The lowest BCUT2D eigenvalue weighted by molar-refractivity contribution is 0.102. The fourth-order valence-electron chi connectivity index (χ4n) is 1.87. The largest absolute Gasteiger partial charge is 0.399 e. The second kappa shape index (κ2) is 6.19. The van der Waals surface area contributed by atoms with Gasteiger partial charge in [-0.1, -0.05) is 12.1 Å². The van der Waals surface area contributed by atoms with E-state index in [-0.39, 0.29) is 5.78 Å². The molecule has 1 aromatic heterocycles. The number of aromatic nitrogens is 2. The maximum Gasteiger partial charge on any atom is 0.212 e. The molecule has 0 aliphatic rings. The highest BCUT2D eigenvalue weighted by molar-refractivity contribution is 9.10. The Morgan fingerprint density at radius 3 is 2.85 bits per heavy atom. The number of nitrogen functional groups attached to an aromatic ring is 1. The Morgan fingerprint density at radius 1 is 1.45 bits per heavy atom. The van der Waals surface area contributed by atoms with Crippen LogP contribution in [0.3, 0.4) is 0 Å². The molecule has 6 heteroatoms. The maximum atomic E-state index is 12.6. The van der Waals surface area contributed by atoms with Gasteiger partial charge >= 0.3 is 0 Å². The predicted molar refractivity (Wildman–Crippen MR) is 82.8 cm³/mol. The average Bonchev–Trinajstić information content (AvgIpc) is 2.76. The minimum absolute atomic E-state index is 0.0829. The summed E-state index contributed by atoms with van der Waals surface area (Å²) < 4.78 is 2.42. The molecule has 0 radical (unpaired) electrons. The average molecular weight is 337 g/mol. The first-order chi connectivity index (χ1) is 9.49. The number of halogens is 1. The molecular formula is C14H17BrN4O. The smallest absolute Gasteiger partial charge is 0.212 e. The normalized spacial score (nSPS) is 11.0. The number of nitrogens with zero attached hydrogens (tertiary/aromatic N) is 3. The number of rotatable bonds is 5. The highest BCUT2D eigenvalue weighted by Crippen LogP contribution is 2.21. The molecule has 0 saturated heterocycles. The first kappa shape index (κ1) is 14.7. The van der Waals surface area contributed by atoms with Crippen molar-refractivity contribution < 1.29 is 4.79 Å². The summed E-state index contributed by atoms with van der Waals surface area (Å²) in [6, 6.07) is 6.97. The molecule has 0 amide bonds. The Kier molecular flexibility index (Phi) is 4.57. The van der Waals surface area contributed by atoms with E-state index >= 15 is 0 Å². The van der Waals surface area contributed by atoms with Gasteiger partial charge in [0.2, 0.25) is 5.78 Å². The fourth-order valence-corrected chi connectivity index (χ4v) is 2.35. The number of carbonyl (C=O) groups excluding carboxylic acids is 1. The van der Waals surface area contributed by atoms with Crippen molar-refractivity contribution in [2.24, 2.45) is 0 Å². The number of benzene rings is 1. The van der Waals surface area contributed by atoms with Crippen LogP contribution in [0.5, 0.6) is 0 Å². The summed E-state index contributed by atoms with van der Waals surface area (Å²) in [5.41, 5.74) is 7.43. The van der Waals surface area contributed by atoms with E-state index in [4.69, 9.17) is 5.73 Å². The van der Waals surface area contributed by atoms with E-state index < -0.39 is 0 Å². The molecule has 20 heavy (non-hydrogen) atoms. The number of carbonyl (C=O) groups is 1. The van der Waals surface area contributed by atoms with E-state index in [2.05, 4.69) is 21.0 Å². The van der Waals surface area contributed by atoms with Crippen LogP contribution in [0.4, 0.5) is 5.69 Å². The summed E-state index contributed by atoms with van der Waals surface area (Å²) in [7, 11) is 3.97. The second-order valence-electron chi connectivity index (χ2n) is 4.82.